The molecule has 3 heterocycles. The average Bonchev–Trinajstić information content (AvgIpc) is 2.66. The number of aromatic nitrogens is 2. The van der Waals surface area contributed by atoms with Crippen molar-refractivity contribution < 1.29 is 4.74 Å². The quantitative estimate of drug-likeness (QED) is 0.939. The van der Waals surface area contributed by atoms with Crippen molar-refractivity contribution in [3.8, 4) is 0 Å². The molecule has 1 aliphatic heterocycles. The van der Waals surface area contributed by atoms with E-state index in [0.29, 0.717) is 0 Å². The van der Waals surface area contributed by atoms with Crippen molar-refractivity contribution >= 4 is 21.6 Å². The van der Waals surface area contributed by atoms with E-state index in [1.807, 2.05) is 0 Å². The molecule has 0 bridgehead atoms. The van der Waals surface area contributed by atoms with Crippen LogP contribution in [0.15, 0.2) is 17.2 Å². The highest BCUT2D eigenvalue weighted by Gasteiger charge is 2.13. The molecule has 0 amide bonds. The number of nitrogens with one attached hydrogen (secondary N) is 1. The van der Waals surface area contributed by atoms with Crippen molar-refractivity contribution in [1.29, 1.82) is 0 Å². The Morgan fingerprint density at radius 3 is 3.26 bits per heavy atom. The average molecular weight is 278 g/mol. The summed E-state index contributed by atoms with van der Waals surface area (Å²) in [6.07, 6.45) is 7.33. The number of aromatic amines is 1. The van der Waals surface area contributed by atoms with E-state index in [2.05, 4.69) is 16.0 Å². The number of nitrogens with zero attached hydrogens (tertiary/aromatic N) is 1. The Morgan fingerprint density at radius 1 is 1.42 bits per heavy atom. The third kappa shape index (κ3) is 3.04. The van der Waals surface area contributed by atoms with Gasteiger partial charge in [-0.1, -0.05) is 0 Å². The molecule has 0 aliphatic carbocycles. The summed E-state index contributed by atoms with van der Waals surface area (Å²) in [5.74, 6) is 0.763. The van der Waals surface area contributed by atoms with Crippen LogP contribution in [0.1, 0.15) is 30.6 Å². The first-order valence-electron chi connectivity index (χ1n) is 6.87. The molecule has 0 spiro atoms. The van der Waals surface area contributed by atoms with Gasteiger partial charge in [0.05, 0.1) is 11.8 Å². The SMILES string of the molecule is O=c1[nH]cnc2cc(CCC3CCCOCC3)sc12. The van der Waals surface area contributed by atoms with Crippen molar-refractivity contribution in [2.75, 3.05) is 13.2 Å². The van der Waals surface area contributed by atoms with Gasteiger partial charge >= 0.3 is 0 Å². The Hall–Kier alpha value is -1.20. The molecule has 19 heavy (non-hydrogen) atoms. The Morgan fingerprint density at radius 2 is 2.37 bits per heavy atom. The molecule has 2 aromatic rings. The van der Waals surface area contributed by atoms with E-state index in [9.17, 15) is 4.79 Å². The van der Waals surface area contributed by atoms with Crippen LogP contribution >= 0.6 is 11.3 Å². The minimum Gasteiger partial charge on any atom is -0.381 e. The van der Waals surface area contributed by atoms with Crippen LogP contribution in [-0.4, -0.2) is 23.2 Å². The molecule has 3 rings (SSSR count). The van der Waals surface area contributed by atoms with Gasteiger partial charge in [-0.15, -0.1) is 11.3 Å². The first kappa shape index (κ1) is 12.8. The van der Waals surface area contributed by atoms with Crippen LogP contribution in [-0.2, 0) is 11.2 Å². The van der Waals surface area contributed by atoms with Gasteiger partial charge in [-0.2, -0.15) is 0 Å². The van der Waals surface area contributed by atoms with E-state index < -0.39 is 0 Å². The fourth-order valence-electron chi connectivity index (χ4n) is 2.64. The summed E-state index contributed by atoms with van der Waals surface area (Å²) in [5.41, 5.74) is 0.803. The summed E-state index contributed by atoms with van der Waals surface area (Å²) in [7, 11) is 0. The van der Waals surface area contributed by atoms with Gasteiger partial charge in [-0.25, -0.2) is 4.98 Å². The van der Waals surface area contributed by atoms with Crippen LogP contribution in [0.5, 0.6) is 0 Å². The second-order valence-electron chi connectivity index (χ2n) is 5.11. The summed E-state index contributed by atoms with van der Waals surface area (Å²) in [6.45, 7) is 1.82. The summed E-state index contributed by atoms with van der Waals surface area (Å²) >= 11 is 1.58. The van der Waals surface area contributed by atoms with Crippen LogP contribution in [0.2, 0.25) is 0 Å². The zero-order valence-electron chi connectivity index (χ0n) is 10.9. The highest BCUT2D eigenvalue weighted by Crippen LogP contribution is 2.26. The van der Waals surface area contributed by atoms with Crippen molar-refractivity contribution in [1.82, 2.24) is 9.97 Å². The monoisotopic (exact) mass is 278 g/mol. The van der Waals surface area contributed by atoms with Gasteiger partial charge in [0.1, 0.15) is 4.70 Å². The number of ether oxygens (including phenoxy) is 1. The molecule has 4 nitrogen and oxygen atoms in total. The van der Waals surface area contributed by atoms with E-state index in [1.54, 1.807) is 11.3 Å². The highest BCUT2D eigenvalue weighted by atomic mass is 32.1. The number of hydrogen-bond donors (Lipinski definition) is 1. The molecular weight excluding hydrogens is 260 g/mol. The van der Waals surface area contributed by atoms with E-state index >= 15 is 0 Å². The summed E-state index contributed by atoms with van der Waals surface area (Å²) in [6, 6.07) is 2.06. The maximum absolute atomic E-state index is 11.6. The molecule has 1 fully saturated rings. The van der Waals surface area contributed by atoms with E-state index in [1.165, 1.54) is 36.9 Å². The predicted molar refractivity (Wildman–Crippen MR) is 76.7 cm³/mol. The fourth-order valence-corrected chi connectivity index (χ4v) is 3.66. The first-order valence-corrected chi connectivity index (χ1v) is 7.68. The summed E-state index contributed by atoms with van der Waals surface area (Å²) in [4.78, 5) is 19.7. The van der Waals surface area contributed by atoms with Crippen molar-refractivity contribution in [3.63, 3.8) is 0 Å². The molecule has 5 heteroatoms. The van der Waals surface area contributed by atoms with Crippen molar-refractivity contribution in [2.24, 2.45) is 5.92 Å². The van der Waals surface area contributed by atoms with Crippen molar-refractivity contribution in [3.05, 3.63) is 27.6 Å². The Bertz CT molecular complexity index is 597. The van der Waals surface area contributed by atoms with Gasteiger partial charge in [0.25, 0.3) is 5.56 Å². The second kappa shape index (κ2) is 5.84. The lowest BCUT2D eigenvalue weighted by molar-refractivity contribution is 0.141. The largest absolute Gasteiger partial charge is 0.381 e. The van der Waals surface area contributed by atoms with Crippen LogP contribution in [0, 0.1) is 5.92 Å². The smallest absolute Gasteiger partial charge is 0.268 e. The molecule has 1 N–H and O–H groups in total. The van der Waals surface area contributed by atoms with Crippen LogP contribution in [0.4, 0.5) is 0 Å². The standard InChI is InChI=1S/C14H18N2O2S/c17-14-13-12(15-9-16-14)8-11(19-13)4-3-10-2-1-6-18-7-5-10/h8-10H,1-7H2,(H,15,16,17). The Kier molecular flexibility index (Phi) is 3.94. The lowest BCUT2D eigenvalue weighted by Crippen LogP contribution is -2.03. The Labute approximate surface area is 115 Å². The van der Waals surface area contributed by atoms with Crippen LogP contribution in [0.25, 0.3) is 10.2 Å². The summed E-state index contributed by atoms with van der Waals surface area (Å²) in [5, 5.41) is 0. The van der Waals surface area contributed by atoms with E-state index in [4.69, 9.17) is 4.74 Å². The number of fused-ring (bicyclic) bond motifs is 1. The van der Waals surface area contributed by atoms with Gasteiger partial charge in [0, 0.05) is 18.1 Å². The third-order valence-electron chi connectivity index (χ3n) is 3.74. The molecule has 1 unspecified atom stereocenters. The zero-order valence-corrected chi connectivity index (χ0v) is 11.7. The molecule has 0 saturated carbocycles. The molecule has 1 aliphatic rings. The van der Waals surface area contributed by atoms with Gasteiger partial charge in [0.2, 0.25) is 0 Å². The third-order valence-corrected chi connectivity index (χ3v) is 4.92. The second-order valence-corrected chi connectivity index (χ2v) is 6.24. The van der Waals surface area contributed by atoms with E-state index in [-0.39, 0.29) is 5.56 Å². The fraction of sp³-hybridized carbons (Fsp3) is 0.571. The highest BCUT2D eigenvalue weighted by molar-refractivity contribution is 7.18. The van der Waals surface area contributed by atoms with Gasteiger partial charge < -0.3 is 9.72 Å². The van der Waals surface area contributed by atoms with E-state index in [0.717, 1.165) is 35.8 Å². The number of hydrogen-bond acceptors (Lipinski definition) is 4. The van der Waals surface area contributed by atoms with Gasteiger partial charge in [-0.3, -0.25) is 4.79 Å². The molecular formula is C14H18N2O2S. The number of aryl methyl sites for hydroxylation is 1. The molecule has 2 aromatic heterocycles. The normalized spacial score (nSPS) is 20.5. The number of thiophene rings is 1. The summed E-state index contributed by atoms with van der Waals surface area (Å²) < 4.78 is 6.24. The van der Waals surface area contributed by atoms with Crippen molar-refractivity contribution in [2.45, 2.75) is 32.1 Å². The maximum atomic E-state index is 11.6. The topological polar surface area (TPSA) is 55.0 Å². The molecule has 0 aromatic carbocycles. The lowest BCUT2D eigenvalue weighted by Gasteiger charge is -2.11. The van der Waals surface area contributed by atoms with Crippen LogP contribution in [0.3, 0.4) is 0 Å². The minimum atomic E-state index is -0.0240. The lowest BCUT2D eigenvalue weighted by atomic mass is 9.95. The molecule has 0 radical (unpaired) electrons. The van der Waals surface area contributed by atoms with Gasteiger partial charge in [-0.05, 0) is 44.1 Å². The number of H-pyrrole nitrogens is 1. The predicted octanol–water partition coefficient (Wildman–Crippen LogP) is 2.73. The van der Waals surface area contributed by atoms with Gasteiger partial charge in [0.15, 0.2) is 0 Å². The van der Waals surface area contributed by atoms with Crippen LogP contribution < -0.4 is 5.56 Å². The molecule has 102 valence electrons. The number of rotatable bonds is 3. The molecule has 1 atom stereocenters. The Balaban J connectivity index is 1.68. The minimum absolute atomic E-state index is 0.0240. The maximum Gasteiger partial charge on any atom is 0.268 e. The first-order chi connectivity index (χ1) is 9.33. The molecule has 1 saturated heterocycles. The zero-order chi connectivity index (χ0) is 13.1.